The van der Waals surface area contributed by atoms with Crippen LogP contribution in [0.1, 0.15) is 17.4 Å². The van der Waals surface area contributed by atoms with Crippen LogP contribution in [0.2, 0.25) is 0 Å². The van der Waals surface area contributed by atoms with Gasteiger partial charge in [0.25, 0.3) is 5.91 Å². The summed E-state index contributed by atoms with van der Waals surface area (Å²) in [6.45, 7) is 0.282. The molecular weight excluding hydrogens is 266 g/mol. The number of pyridine rings is 1. The van der Waals surface area contributed by atoms with Gasteiger partial charge in [-0.15, -0.1) is 0 Å². The monoisotopic (exact) mass is 285 g/mol. The van der Waals surface area contributed by atoms with E-state index in [-0.39, 0.29) is 6.54 Å². The summed E-state index contributed by atoms with van der Waals surface area (Å²) >= 11 is 0. The van der Waals surface area contributed by atoms with Crippen molar-refractivity contribution >= 4 is 11.7 Å². The molecule has 0 saturated heterocycles. The van der Waals surface area contributed by atoms with Gasteiger partial charge in [-0.05, 0) is 17.7 Å². The van der Waals surface area contributed by atoms with Crippen molar-refractivity contribution in [3.8, 4) is 0 Å². The molecule has 0 aliphatic heterocycles. The second-order valence-electron chi connectivity index (χ2n) is 4.91. The van der Waals surface area contributed by atoms with E-state index in [1.165, 1.54) is 0 Å². The lowest BCUT2D eigenvalue weighted by molar-refractivity contribution is -0.129. The van der Waals surface area contributed by atoms with Crippen LogP contribution in [0.15, 0.2) is 48.5 Å². The summed E-state index contributed by atoms with van der Waals surface area (Å²) < 4.78 is 0. The Morgan fingerprint density at radius 2 is 1.90 bits per heavy atom. The first-order valence-electron chi connectivity index (χ1n) is 6.72. The molecule has 21 heavy (non-hydrogen) atoms. The Balaban J connectivity index is 1.96. The number of hydrogen-bond donors (Lipinski definition) is 2. The Morgan fingerprint density at radius 1 is 1.19 bits per heavy atom. The first-order valence-corrected chi connectivity index (χ1v) is 6.72. The average molecular weight is 285 g/mol. The number of aliphatic hydroxyl groups is 1. The first-order chi connectivity index (χ1) is 10.1. The largest absolute Gasteiger partial charge is 0.378 e. The number of nitrogens with zero attached hydrogens (tertiary/aromatic N) is 2. The molecule has 1 aromatic carbocycles. The summed E-state index contributed by atoms with van der Waals surface area (Å²) in [6, 6.07) is 14.5. The van der Waals surface area contributed by atoms with E-state index in [4.69, 9.17) is 0 Å². The van der Waals surface area contributed by atoms with E-state index in [9.17, 15) is 9.90 Å². The Labute approximate surface area is 124 Å². The quantitative estimate of drug-likeness (QED) is 0.873. The molecule has 0 spiro atoms. The molecule has 2 rings (SSSR count). The van der Waals surface area contributed by atoms with Gasteiger partial charge in [0.15, 0.2) is 6.10 Å². The highest BCUT2D eigenvalue weighted by atomic mass is 16.3. The predicted octanol–water partition coefficient (Wildman–Crippen LogP) is 1.50. The van der Waals surface area contributed by atoms with Gasteiger partial charge in [0.05, 0.1) is 12.2 Å². The number of nitrogens with one attached hydrogen (secondary N) is 1. The molecule has 1 amide bonds. The highest BCUT2D eigenvalue weighted by molar-refractivity contribution is 5.81. The minimum atomic E-state index is -1.16. The summed E-state index contributed by atoms with van der Waals surface area (Å²) in [5, 5.41) is 12.7. The van der Waals surface area contributed by atoms with Gasteiger partial charge in [0, 0.05) is 14.1 Å². The molecule has 0 radical (unpaired) electrons. The summed E-state index contributed by atoms with van der Waals surface area (Å²) in [4.78, 5) is 18.2. The van der Waals surface area contributed by atoms with E-state index in [1.54, 1.807) is 24.3 Å². The van der Waals surface area contributed by atoms with Gasteiger partial charge >= 0.3 is 0 Å². The number of aliphatic hydroxyl groups excluding tert-OH is 1. The average Bonchev–Trinajstić information content (AvgIpc) is 2.53. The highest BCUT2D eigenvalue weighted by Gasteiger charge is 2.16. The lowest BCUT2D eigenvalue weighted by Gasteiger charge is -2.14. The Hall–Kier alpha value is -2.40. The van der Waals surface area contributed by atoms with Crippen LogP contribution >= 0.6 is 0 Å². The van der Waals surface area contributed by atoms with Crippen LogP contribution in [-0.2, 0) is 11.3 Å². The molecule has 1 atom stereocenters. The van der Waals surface area contributed by atoms with Crippen LogP contribution in [0, 0.1) is 0 Å². The smallest absolute Gasteiger partial charge is 0.253 e. The molecule has 0 aliphatic carbocycles. The minimum absolute atomic E-state index is 0.282. The lowest BCUT2D eigenvalue weighted by atomic mass is 10.1. The zero-order valence-corrected chi connectivity index (χ0v) is 12.2. The fourth-order valence-corrected chi connectivity index (χ4v) is 1.88. The van der Waals surface area contributed by atoms with Gasteiger partial charge in [-0.2, -0.15) is 0 Å². The standard InChI is InChI=1S/C16H19N3O2/c1-19(2)14-10-6-9-13(18-14)11-17-16(21)15(20)12-7-4-3-5-8-12/h3-10,15,20H,11H2,1-2H3,(H,17,21). The summed E-state index contributed by atoms with van der Waals surface area (Å²) in [7, 11) is 3.81. The molecule has 2 aromatic rings. The van der Waals surface area contributed by atoms with E-state index in [1.807, 2.05) is 43.3 Å². The van der Waals surface area contributed by atoms with E-state index in [0.29, 0.717) is 5.56 Å². The van der Waals surface area contributed by atoms with Gasteiger partial charge in [0.2, 0.25) is 0 Å². The van der Waals surface area contributed by atoms with Crippen LogP contribution in [0.3, 0.4) is 0 Å². The lowest BCUT2D eigenvalue weighted by Crippen LogP contribution is -2.29. The van der Waals surface area contributed by atoms with Crippen LogP contribution < -0.4 is 10.2 Å². The fraction of sp³-hybridized carbons (Fsp3) is 0.250. The number of hydrogen-bond acceptors (Lipinski definition) is 4. The molecule has 0 bridgehead atoms. The molecule has 110 valence electrons. The minimum Gasteiger partial charge on any atom is -0.378 e. The molecular formula is C16H19N3O2. The van der Waals surface area contributed by atoms with Crippen molar-refractivity contribution in [3.05, 3.63) is 59.8 Å². The molecule has 0 fully saturated rings. The number of amides is 1. The maximum atomic E-state index is 11.9. The number of rotatable bonds is 5. The topological polar surface area (TPSA) is 65.5 Å². The SMILES string of the molecule is CN(C)c1cccc(CNC(=O)C(O)c2ccccc2)n1. The number of carbonyl (C=O) groups is 1. The molecule has 1 unspecified atom stereocenters. The number of benzene rings is 1. The summed E-state index contributed by atoms with van der Waals surface area (Å²) in [5.74, 6) is 0.392. The first kappa shape index (κ1) is 15.0. The number of carbonyl (C=O) groups excluding carboxylic acids is 1. The summed E-state index contributed by atoms with van der Waals surface area (Å²) in [5.41, 5.74) is 1.32. The molecule has 0 saturated carbocycles. The zero-order chi connectivity index (χ0) is 15.2. The molecule has 5 heteroatoms. The van der Waals surface area contributed by atoms with Gasteiger partial charge < -0.3 is 15.3 Å². The second-order valence-corrected chi connectivity index (χ2v) is 4.91. The van der Waals surface area contributed by atoms with Crippen LogP contribution in [0.5, 0.6) is 0 Å². The fourth-order valence-electron chi connectivity index (χ4n) is 1.88. The van der Waals surface area contributed by atoms with Crippen LogP contribution in [-0.4, -0.2) is 30.1 Å². The van der Waals surface area contributed by atoms with Gasteiger partial charge in [0.1, 0.15) is 5.82 Å². The molecule has 1 aromatic heterocycles. The van der Waals surface area contributed by atoms with E-state index >= 15 is 0 Å². The number of aromatic nitrogens is 1. The second kappa shape index (κ2) is 6.85. The zero-order valence-electron chi connectivity index (χ0n) is 12.2. The molecule has 2 N–H and O–H groups in total. The molecule has 1 heterocycles. The molecule has 0 aliphatic rings. The van der Waals surface area contributed by atoms with E-state index in [0.717, 1.165) is 11.5 Å². The maximum Gasteiger partial charge on any atom is 0.253 e. The Morgan fingerprint density at radius 3 is 2.57 bits per heavy atom. The molecule has 5 nitrogen and oxygen atoms in total. The van der Waals surface area contributed by atoms with E-state index < -0.39 is 12.0 Å². The van der Waals surface area contributed by atoms with Crippen molar-refractivity contribution in [2.24, 2.45) is 0 Å². The predicted molar refractivity (Wildman–Crippen MR) is 81.8 cm³/mol. The van der Waals surface area contributed by atoms with E-state index in [2.05, 4.69) is 10.3 Å². The van der Waals surface area contributed by atoms with Crippen molar-refractivity contribution in [1.29, 1.82) is 0 Å². The van der Waals surface area contributed by atoms with Crippen molar-refractivity contribution in [1.82, 2.24) is 10.3 Å². The van der Waals surface area contributed by atoms with Gasteiger partial charge in [-0.3, -0.25) is 4.79 Å². The Bertz CT molecular complexity index is 599. The summed E-state index contributed by atoms with van der Waals surface area (Å²) in [6.07, 6.45) is -1.16. The van der Waals surface area contributed by atoms with Crippen molar-refractivity contribution < 1.29 is 9.90 Å². The third-order valence-corrected chi connectivity index (χ3v) is 3.06. The van der Waals surface area contributed by atoms with Gasteiger partial charge in [-0.25, -0.2) is 4.98 Å². The third-order valence-electron chi connectivity index (χ3n) is 3.06. The van der Waals surface area contributed by atoms with Crippen molar-refractivity contribution in [2.75, 3.05) is 19.0 Å². The maximum absolute atomic E-state index is 11.9. The normalized spacial score (nSPS) is 11.8. The third kappa shape index (κ3) is 4.03. The van der Waals surface area contributed by atoms with Crippen molar-refractivity contribution in [3.63, 3.8) is 0 Å². The Kier molecular flexibility index (Phi) is 4.90. The van der Waals surface area contributed by atoms with Crippen LogP contribution in [0.25, 0.3) is 0 Å². The van der Waals surface area contributed by atoms with Gasteiger partial charge in [-0.1, -0.05) is 36.4 Å². The van der Waals surface area contributed by atoms with Crippen molar-refractivity contribution in [2.45, 2.75) is 12.6 Å². The highest BCUT2D eigenvalue weighted by Crippen LogP contribution is 2.12. The van der Waals surface area contributed by atoms with Crippen LogP contribution in [0.4, 0.5) is 5.82 Å². The number of anilines is 1.